The first-order chi connectivity index (χ1) is 8.78. The third kappa shape index (κ3) is 2.52. The van der Waals surface area contributed by atoms with Gasteiger partial charge in [0.15, 0.2) is 0 Å². The van der Waals surface area contributed by atoms with Gasteiger partial charge in [0.25, 0.3) is 0 Å². The van der Waals surface area contributed by atoms with Crippen molar-refractivity contribution in [3.8, 4) is 0 Å². The van der Waals surface area contributed by atoms with E-state index in [4.69, 9.17) is 10.5 Å². The zero-order valence-corrected chi connectivity index (χ0v) is 10.8. The molecule has 0 spiro atoms. The Morgan fingerprint density at radius 3 is 2.67 bits per heavy atom. The minimum absolute atomic E-state index is 0.382. The second kappa shape index (κ2) is 4.90. The Bertz CT molecular complexity index is 391. The first kappa shape index (κ1) is 12.0. The number of hydrogen-bond acceptors (Lipinski definition) is 3. The molecule has 3 N–H and O–H groups in total. The van der Waals surface area contributed by atoms with Crippen LogP contribution in [-0.2, 0) is 10.2 Å². The van der Waals surface area contributed by atoms with Gasteiger partial charge in [-0.3, -0.25) is 0 Å². The Morgan fingerprint density at radius 2 is 2.06 bits per heavy atom. The molecule has 3 heteroatoms. The average molecular weight is 246 g/mol. The number of hydrogen-bond donors (Lipinski definition) is 2. The van der Waals surface area contributed by atoms with E-state index < -0.39 is 0 Å². The van der Waals surface area contributed by atoms with Crippen LogP contribution in [0.15, 0.2) is 24.3 Å². The van der Waals surface area contributed by atoms with Crippen molar-refractivity contribution >= 4 is 5.69 Å². The lowest BCUT2D eigenvalue weighted by atomic mass is 9.95. The zero-order chi connectivity index (χ0) is 12.4. The molecule has 1 saturated heterocycles. The molecule has 0 aromatic heterocycles. The molecule has 1 aromatic rings. The van der Waals surface area contributed by atoms with Crippen molar-refractivity contribution in [3.05, 3.63) is 29.8 Å². The SMILES string of the molecule is Nc1ccc(C2(CNCC3CCOC3)CC2)cc1. The summed E-state index contributed by atoms with van der Waals surface area (Å²) in [5.74, 6) is 0.715. The number of nitrogens with one attached hydrogen (secondary N) is 1. The van der Waals surface area contributed by atoms with Crippen LogP contribution in [0.3, 0.4) is 0 Å². The molecule has 1 heterocycles. The van der Waals surface area contributed by atoms with Gasteiger partial charge in [0.2, 0.25) is 0 Å². The summed E-state index contributed by atoms with van der Waals surface area (Å²) in [5, 5.41) is 3.63. The van der Waals surface area contributed by atoms with E-state index in [-0.39, 0.29) is 0 Å². The number of benzene rings is 1. The summed E-state index contributed by atoms with van der Waals surface area (Å²) in [4.78, 5) is 0. The highest BCUT2D eigenvalue weighted by molar-refractivity contribution is 5.43. The van der Waals surface area contributed by atoms with Crippen LogP contribution in [0.4, 0.5) is 5.69 Å². The first-order valence-corrected chi connectivity index (χ1v) is 6.93. The van der Waals surface area contributed by atoms with E-state index in [0.29, 0.717) is 11.3 Å². The third-order valence-electron chi connectivity index (χ3n) is 4.30. The maximum Gasteiger partial charge on any atom is 0.0507 e. The van der Waals surface area contributed by atoms with Gasteiger partial charge < -0.3 is 15.8 Å². The van der Waals surface area contributed by atoms with Crippen molar-refractivity contribution in [1.82, 2.24) is 5.32 Å². The molecule has 1 aliphatic heterocycles. The Kier molecular flexibility index (Phi) is 3.27. The lowest BCUT2D eigenvalue weighted by Crippen LogP contribution is -2.31. The molecule has 0 bridgehead atoms. The largest absolute Gasteiger partial charge is 0.399 e. The van der Waals surface area contributed by atoms with E-state index in [1.54, 1.807) is 0 Å². The van der Waals surface area contributed by atoms with Gasteiger partial charge >= 0.3 is 0 Å². The van der Waals surface area contributed by atoms with Crippen LogP contribution in [0.2, 0.25) is 0 Å². The predicted molar refractivity (Wildman–Crippen MR) is 73.6 cm³/mol. The summed E-state index contributed by atoms with van der Waals surface area (Å²) in [6.45, 7) is 4.06. The average Bonchev–Trinajstić information content (AvgIpc) is 2.98. The molecular weight excluding hydrogens is 224 g/mol. The Hall–Kier alpha value is -1.06. The Balaban J connectivity index is 1.53. The minimum Gasteiger partial charge on any atom is -0.399 e. The molecule has 18 heavy (non-hydrogen) atoms. The molecule has 1 saturated carbocycles. The molecule has 0 amide bonds. The summed E-state index contributed by atoms with van der Waals surface area (Å²) >= 11 is 0. The highest BCUT2D eigenvalue weighted by atomic mass is 16.5. The van der Waals surface area contributed by atoms with Gasteiger partial charge in [-0.15, -0.1) is 0 Å². The summed E-state index contributed by atoms with van der Waals surface area (Å²) in [6.07, 6.45) is 3.80. The maximum absolute atomic E-state index is 5.74. The second-order valence-corrected chi connectivity index (χ2v) is 5.76. The molecule has 3 rings (SSSR count). The first-order valence-electron chi connectivity index (χ1n) is 6.93. The Labute approximate surface area is 109 Å². The molecule has 2 aliphatic rings. The fourth-order valence-corrected chi connectivity index (χ4v) is 2.81. The van der Waals surface area contributed by atoms with E-state index in [0.717, 1.165) is 32.0 Å². The van der Waals surface area contributed by atoms with Crippen molar-refractivity contribution in [2.24, 2.45) is 5.92 Å². The number of rotatable bonds is 5. The smallest absolute Gasteiger partial charge is 0.0507 e. The highest BCUT2D eigenvalue weighted by Crippen LogP contribution is 2.47. The van der Waals surface area contributed by atoms with E-state index in [2.05, 4.69) is 17.4 Å². The van der Waals surface area contributed by atoms with Crippen LogP contribution in [0.1, 0.15) is 24.8 Å². The summed E-state index contributed by atoms with van der Waals surface area (Å²) in [5.41, 5.74) is 8.42. The van der Waals surface area contributed by atoms with Crippen LogP contribution in [0.5, 0.6) is 0 Å². The summed E-state index contributed by atoms with van der Waals surface area (Å²) in [6, 6.07) is 8.39. The number of nitrogens with two attached hydrogens (primary N) is 1. The van der Waals surface area contributed by atoms with Crippen LogP contribution in [0, 0.1) is 5.92 Å². The lowest BCUT2D eigenvalue weighted by Gasteiger charge is -2.18. The van der Waals surface area contributed by atoms with Crippen LogP contribution >= 0.6 is 0 Å². The van der Waals surface area contributed by atoms with Gasteiger partial charge in [0.1, 0.15) is 0 Å². The van der Waals surface area contributed by atoms with Gasteiger partial charge in [0.05, 0.1) is 6.61 Å². The van der Waals surface area contributed by atoms with Crippen molar-refractivity contribution in [1.29, 1.82) is 0 Å². The van der Waals surface area contributed by atoms with Crippen molar-refractivity contribution in [2.45, 2.75) is 24.7 Å². The molecule has 1 atom stereocenters. The zero-order valence-electron chi connectivity index (χ0n) is 10.8. The van der Waals surface area contributed by atoms with E-state index in [1.165, 1.54) is 24.8 Å². The fourth-order valence-electron chi connectivity index (χ4n) is 2.81. The van der Waals surface area contributed by atoms with Gasteiger partial charge in [-0.2, -0.15) is 0 Å². The standard InChI is InChI=1S/C15H22N2O/c16-14-3-1-13(2-4-14)15(6-7-15)11-17-9-12-5-8-18-10-12/h1-4,12,17H,5-11,16H2. The van der Waals surface area contributed by atoms with E-state index in [9.17, 15) is 0 Å². The molecule has 1 unspecified atom stereocenters. The molecule has 1 aromatic carbocycles. The van der Waals surface area contributed by atoms with E-state index >= 15 is 0 Å². The minimum atomic E-state index is 0.382. The number of nitrogen functional groups attached to an aromatic ring is 1. The van der Waals surface area contributed by atoms with Crippen LogP contribution in [-0.4, -0.2) is 26.3 Å². The number of anilines is 1. The van der Waals surface area contributed by atoms with Gasteiger partial charge in [-0.25, -0.2) is 0 Å². The molecule has 0 radical (unpaired) electrons. The summed E-state index contributed by atoms with van der Waals surface area (Å²) in [7, 11) is 0. The molecule has 3 nitrogen and oxygen atoms in total. The monoisotopic (exact) mass is 246 g/mol. The van der Waals surface area contributed by atoms with Crippen LogP contribution < -0.4 is 11.1 Å². The maximum atomic E-state index is 5.74. The van der Waals surface area contributed by atoms with Gasteiger partial charge in [-0.05, 0) is 42.9 Å². The second-order valence-electron chi connectivity index (χ2n) is 5.76. The fraction of sp³-hybridized carbons (Fsp3) is 0.600. The predicted octanol–water partition coefficient (Wildman–Crippen LogP) is 1.93. The molecule has 98 valence electrons. The molecular formula is C15H22N2O. The van der Waals surface area contributed by atoms with Crippen molar-refractivity contribution in [2.75, 3.05) is 32.0 Å². The third-order valence-corrected chi connectivity index (χ3v) is 4.30. The topological polar surface area (TPSA) is 47.3 Å². The normalized spacial score (nSPS) is 25.2. The van der Waals surface area contributed by atoms with Crippen molar-refractivity contribution < 1.29 is 4.74 Å². The van der Waals surface area contributed by atoms with Crippen molar-refractivity contribution in [3.63, 3.8) is 0 Å². The molecule has 1 aliphatic carbocycles. The summed E-state index contributed by atoms with van der Waals surface area (Å²) < 4.78 is 5.40. The van der Waals surface area contributed by atoms with Gasteiger partial charge in [-0.1, -0.05) is 12.1 Å². The highest BCUT2D eigenvalue weighted by Gasteiger charge is 2.43. The molecule has 2 fully saturated rings. The van der Waals surface area contributed by atoms with Gasteiger partial charge in [0, 0.05) is 30.8 Å². The Morgan fingerprint density at radius 1 is 1.28 bits per heavy atom. The van der Waals surface area contributed by atoms with Crippen LogP contribution in [0.25, 0.3) is 0 Å². The quantitative estimate of drug-likeness (QED) is 0.780. The number of ether oxygens (including phenoxy) is 1. The lowest BCUT2D eigenvalue weighted by molar-refractivity contribution is 0.185. The van der Waals surface area contributed by atoms with E-state index in [1.807, 2.05) is 12.1 Å².